The maximum Gasteiger partial charge on any atom is 0.314 e. The molecule has 1 aromatic heterocycles. The number of hydrogen-bond acceptors (Lipinski definition) is 3. The molecule has 0 radical (unpaired) electrons. The number of hydrogen-bond donors (Lipinski definition) is 2. The molecule has 0 saturated heterocycles. The maximum absolute atomic E-state index is 12.4. The molecule has 0 bridgehead atoms. The van der Waals surface area contributed by atoms with Crippen LogP contribution in [0.4, 0.5) is 5.82 Å². The third-order valence-electron chi connectivity index (χ3n) is 4.70. The van der Waals surface area contributed by atoms with Gasteiger partial charge < -0.3 is 10.6 Å². The number of nitrogens with zero attached hydrogens (tertiary/aromatic N) is 2. The zero-order valence-electron chi connectivity index (χ0n) is 14.0. The van der Waals surface area contributed by atoms with E-state index in [0.717, 1.165) is 36.9 Å². The number of benzene rings is 1. The van der Waals surface area contributed by atoms with Crippen molar-refractivity contribution in [1.82, 2.24) is 15.1 Å². The van der Waals surface area contributed by atoms with Crippen LogP contribution in [-0.4, -0.2) is 21.6 Å². The van der Waals surface area contributed by atoms with E-state index in [1.54, 1.807) is 17.8 Å². The van der Waals surface area contributed by atoms with Crippen molar-refractivity contribution in [3.8, 4) is 0 Å². The summed E-state index contributed by atoms with van der Waals surface area (Å²) in [6.45, 7) is 1.88. The van der Waals surface area contributed by atoms with Gasteiger partial charge in [0.05, 0.1) is 5.54 Å². The topological polar surface area (TPSA) is 76.0 Å². The minimum absolute atomic E-state index is 0.385. The summed E-state index contributed by atoms with van der Waals surface area (Å²) in [5, 5.41) is 9.67. The highest BCUT2D eigenvalue weighted by molar-refractivity contribution is 6.39. The summed E-state index contributed by atoms with van der Waals surface area (Å²) in [7, 11) is 1.79. The zero-order valence-corrected chi connectivity index (χ0v) is 14.0. The van der Waals surface area contributed by atoms with Crippen molar-refractivity contribution < 1.29 is 9.59 Å². The Balaban J connectivity index is 1.73. The van der Waals surface area contributed by atoms with Crippen molar-refractivity contribution >= 4 is 17.6 Å². The van der Waals surface area contributed by atoms with Crippen molar-refractivity contribution in [3.05, 3.63) is 47.7 Å². The number of aryl methyl sites for hydroxylation is 2. The van der Waals surface area contributed by atoms with Crippen LogP contribution in [0.15, 0.2) is 36.4 Å². The van der Waals surface area contributed by atoms with Crippen LogP contribution < -0.4 is 10.6 Å². The molecule has 1 aliphatic rings. The van der Waals surface area contributed by atoms with Crippen molar-refractivity contribution in [2.24, 2.45) is 7.05 Å². The standard InChI is InChI=1S/C18H22N4O2/c1-13-12-15(21-22(13)2)19-16(23)17(24)20-18(10-6-7-11-18)14-8-4-3-5-9-14/h3-5,8-9,12H,6-7,10-11H2,1-2H3,(H,20,24)(H,19,21,23). The summed E-state index contributed by atoms with van der Waals surface area (Å²) >= 11 is 0. The summed E-state index contributed by atoms with van der Waals surface area (Å²) in [4.78, 5) is 24.6. The second-order valence-electron chi connectivity index (χ2n) is 6.36. The van der Waals surface area contributed by atoms with Gasteiger partial charge in [-0.05, 0) is 25.3 Å². The van der Waals surface area contributed by atoms with Gasteiger partial charge in [-0.15, -0.1) is 0 Å². The monoisotopic (exact) mass is 326 g/mol. The first-order valence-corrected chi connectivity index (χ1v) is 8.20. The SMILES string of the molecule is Cc1cc(NC(=O)C(=O)NC2(c3ccccc3)CCCC2)nn1C. The molecule has 6 heteroatoms. The first-order valence-electron chi connectivity index (χ1n) is 8.20. The molecule has 6 nitrogen and oxygen atoms in total. The van der Waals surface area contributed by atoms with Crippen LogP contribution in [-0.2, 0) is 22.2 Å². The van der Waals surface area contributed by atoms with Gasteiger partial charge in [0.1, 0.15) is 0 Å². The minimum Gasteiger partial charge on any atom is -0.338 e. The second kappa shape index (κ2) is 6.47. The summed E-state index contributed by atoms with van der Waals surface area (Å²) in [5.74, 6) is -0.922. The Morgan fingerprint density at radius 2 is 1.79 bits per heavy atom. The molecule has 2 N–H and O–H groups in total. The summed E-state index contributed by atoms with van der Waals surface area (Å²) in [5.41, 5.74) is 1.51. The van der Waals surface area contributed by atoms with Crippen LogP contribution in [0.5, 0.6) is 0 Å². The number of anilines is 1. The molecule has 0 unspecified atom stereocenters. The quantitative estimate of drug-likeness (QED) is 0.850. The number of amides is 2. The predicted octanol–water partition coefficient (Wildman–Crippen LogP) is 2.25. The van der Waals surface area contributed by atoms with Gasteiger partial charge in [0.15, 0.2) is 5.82 Å². The van der Waals surface area contributed by atoms with Crippen LogP contribution in [0.2, 0.25) is 0 Å². The Hall–Kier alpha value is -2.63. The highest BCUT2D eigenvalue weighted by atomic mass is 16.2. The number of nitrogens with one attached hydrogen (secondary N) is 2. The molecule has 1 saturated carbocycles. The van der Waals surface area contributed by atoms with Gasteiger partial charge in [-0.3, -0.25) is 14.3 Å². The number of carbonyl (C=O) groups excluding carboxylic acids is 2. The largest absolute Gasteiger partial charge is 0.338 e. The van der Waals surface area contributed by atoms with Crippen molar-refractivity contribution in [1.29, 1.82) is 0 Å². The van der Waals surface area contributed by atoms with E-state index in [4.69, 9.17) is 0 Å². The molecule has 126 valence electrons. The lowest BCUT2D eigenvalue weighted by Crippen LogP contribution is -2.48. The van der Waals surface area contributed by atoms with E-state index in [-0.39, 0.29) is 0 Å². The summed E-state index contributed by atoms with van der Waals surface area (Å²) in [6, 6.07) is 11.6. The predicted molar refractivity (Wildman–Crippen MR) is 91.3 cm³/mol. The molecule has 2 aromatic rings. The Morgan fingerprint density at radius 3 is 2.38 bits per heavy atom. The molecule has 1 aliphatic carbocycles. The summed E-state index contributed by atoms with van der Waals surface area (Å²) < 4.78 is 1.65. The van der Waals surface area contributed by atoms with Gasteiger partial charge in [0, 0.05) is 18.8 Å². The molecular weight excluding hydrogens is 304 g/mol. The van der Waals surface area contributed by atoms with Crippen molar-refractivity contribution in [2.75, 3.05) is 5.32 Å². The van der Waals surface area contributed by atoms with Crippen LogP contribution in [0.1, 0.15) is 36.9 Å². The Labute approximate surface area is 141 Å². The Morgan fingerprint density at radius 1 is 1.12 bits per heavy atom. The highest BCUT2D eigenvalue weighted by Crippen LogP contribution is 2.38. The third-order valence-corrected chi connectivity index (χ3v) is 4.70. The number of aromatic nitrogens is 2. The fourth-order valence-electron chi connectivity index (χ4n) is 3.29. The molecular formula is C18H22N4O2. The van der Waals surface area contributed by atoms with E-state index in [2.05, 4.69) is 15.7 Å². The average Bonchev–Trinajstić information content (AvgIpc) is 3.16. The molecule has 2 amide bonds. The minimum atomic E-state index is -0.685. The van der Waals surface area contributed by atoms with Gasteiger partial charge in [-0.25, -0.2) is 0 Å². The third kappa shape index (κ3) is 3.18. The lowest BCUT2D eigenvalue weighted by Gasteiger charge is -2.30. The molecule has 0 spiro atoms. The summed E-state index contributed by atoms with van der Waals surface area (Å²) in [6.07, 6.45) is 3.77. The first kappa shape index (κ1) is 16.2. The molecule has 0 aliphatic heterocycles. The second-order valence-corrected chi connectivity index (χ2v) is 6.36. The van der Waals surface area contributed by atoms with Crippen LogP contribution in [0.25, 0.3) is 0 Å². The van der Waals surface area contributed by atoms with E-state index in [0.29, 0.717) is 5.82 Å². The van der Waals surface area contributed by atoms with Crippen LogP contribution in [0, 0.1) is 6.92 Å². The molecule has 1 aromatic carbocycles. The molecule has 0 atom stereocenters. The molecule has 1 heterocycles. The molecule has 1 fully saturated rings. The number of rotatable bonds is 3. The lowest BCUT2D eigenvalue weighted by molar-refractivity contribution is -0.137. The molecule has 24 heavy (non-hydrogen) atoms. The highest BCUT2D eigenvalue weighted by Gasteiger charge is 2.38. The lowest BCUT2D eigenvalue weighted by atomic mass is 9.88. The smallest absolute Gasteiger partial charge is 0.314 e. The van der Waals surface area contributed by atoms with Gasteiger partial charge >= 0.3 is 11.8 Å². The fourth-order valence-corrected chi connectivity index (χ4v) is 3.29. The maximum atomic E-state index is 12.4. The molecule has 3 rings (SSSR count). The van der Waals surface area contributed by atoms with E-state index < -0.39 is 17.4 Å². The Kier molecular flexibility index (Phi) is 4.38. The zero-order chi connectivity index (χ0) is 17.2. The Bertz CT molecular complexity index is 726. The van der Waals surface area contributed by atoms with Crippen molar-refractivity contribution in [2.45, 2.75) is 38.1 Å². The van der Waals surface area contributed by atoms with Gasteiger partial charge in [0.2, 0.25) is 0 Å². The van der Waals surface area contributed by atoms with E-state index in [1.165, 1.54) is 0 Å². The number of carbonyl (C=O) groups is 2. The fraction of sp³-hybridized carbons (Fsp3) is 0.389. The first-order chi connectivity index (χ1) is 11.5. The normalized spacial score (nSPS) is 15.9. The van der Waals surface area contributed by atoms with E-state index in [9.17, 15) is 9.59 Å². The average molecular weight is 326 g/mol. The van der Waals surface area contributed by atoms with Crippen LogP contribution >= 0.6 is 0 Å². The van der Waals surface area contributed by atoms with Gasteiger partial charge in [-0.1, -0.05) is 43.2 Å². The van der Waals surface area contributed by atoms with E-state index >= 15 is 0 Å². The van der Waals surface area contributed by atoms with E-state index in [1.807, 2.05) is 37.3 Å². The van der Waals surface area contributed by atoms with Gasteiger partial charge in [-0.2, -0.15) is 5.10 Å². The van der Waals surface area contributed by atoms with Crippen LogP contribution in [0.3, 0.4) is 0 Å². The van der Waals surface area contributed by atoms with Crippen molar-refractivity contribution in [3.63, 3.8) is 0 Å². The van der Waals surface area contributed by atoms with Gasteiger partial charge in [0.25, 0.3) is 0 Å².